The molecule has 3 heteroatoms. The molecule has 0 bridgehead atoms. The quantitative estimate of drug-likeness (QED) is 0.160. The summed E-state index contributed by atoms with van der Waals surface area (Å²) in [4.78, 5) is 10.4. The highest BCUT2D eigenvalue weighted by atomic mass is 32.1. The van der Waals surface area contributed by atoms with Crippen molar-refractivity contribution in [2.75, 3.05) is 0 Å². The number of fused-ring (bicyclic) bond motifs is 6. The molecular weight excluding hydrogens is 781 g/mol. The van der Waals surface area contributed by atoms with Crippen LogP contribution in [-0.4, -0.2) is 9.97 Å². The van der Waals surface area contributed by atoms with Crippen LogP contribution in [0.5, 0.6) is 0 Å². The van der Waals surface area contributed by atoms with Crippen LogP contribution >= 0.6 is 11.3 Å². The zero-order valence-corrected chi connectivity index (χ0v) is 35.5. The van der Waals surface area contributed by atoms with Gasteiger partial charge in [0, 0.05) is 42.3 Å². The largest absolute Gasteiger partial charge is 0.228 e. The lowest BCUT2D eigenvalue weighted by molar-refractivity contribution is 0.714. The zero-order valence-electron chi connectivity index (χ0n) is 34.7. The van der Waals surface area contributed by atoms with Crippen molar-refractivity contribution in [1.82, 2.24) is 9.97 Å². The van der Waals surface area contributed by atoms with Gasteiger partial charge in [-0.25, -0.2) is 9.97 Å². The molecular formula is C60H40N2S. The fourth-order valence-corrected chi connectivity index (χ4v) is 11.1. The highest BCUT2D eigenvalue weighted by molar-refractivity contribution is 7.26. The Kier molecular flexibility index (Phi) is 8.84. The highest BCUT2D eigenvalue weighted by Crippen LogP contribution is 2.56. The lowest BCUT2D eigenvalue weighted by Gasteiger charge is -2.29. The van der Waals surface area contributed by atoms with E-state index < -0.39 is 0 Å². The van der Waals surface area contributed by atoms with Crippen LogP contribution in [0.15, 0.2) is 224 Å². The third-order valence-corrected chi connectivity index (χ3v) is 14.2. The van der Waals surface area contributed by atoms with Crippen LogP contribution in [-0.2, 0) is 5.41 Å². The van der Waals surface area contributed by atoms with E-state index in [9.17, 15) is 0 Å². The minimum absolute atomic E-state index is 0.320. The van der Waals surface area contributed by atoms with Gasteiger partial charge in [0.25, 0.3) is 0 Å². The van der Waals surface area contributed by atoms with E-state index in [-0.39, 0.29) is 5.41 Å². The maximum atomic E-state index is 5.20. The van der Waals surface area contributed by atoms with Crippen molar-refractivity contribution >= 4 is 31.5 Å². The summed E-state index contributed by atoms with van der Waals surface area (Å²) in [6, 6.07) is 81.1. The smallest absolute Gasteiger partial charge is 0.160 e. The van der Waals surface area contributed by atoms with Crippen molar-refractivity contribution in [3.05, 3.63) is 241 Å². The summed E-state index contributed by atoms with van der Waals surface area (Å²) >= 11 is 1.86. The molecule has 0 radical (unpaired) electrons. The standard InChI is InChI=1S/C60H40N2S/c1-60(46-22-9-4-10-23-46)52-28-15-25-47(40-16-5-2-6-17-40)57(52)51-35-34-43(37-53(51)60)39-30-32-41(33-31-39)54-38-55(62-59(61-54)42-18-7-3-8-19-42)45-21-13-20-44(36-45)48-26-14-27-50-49-24-11-12-29-56(49)63-58(48)50/h2-38H,1H3. The van der Waals surface area contributed by atoms with Gasteiger partial charge in [0.1, 0.15) is 0 Å². The Morgan fingerprint density at radius 3 is 1.75 bits per heavy atom. The molecule has 296 valence electrons. The number of thiophene rings is 1. The van der Waals surface area contributed by atoms with Crippen LogP contribution < -0.4 is 0 Å². The van der Waals surface area contributed by atoms with Crippen molar-refractivity contribution in [2.45, 2.75) is 12.3 Å². The van der Waals surface area contributed by atoms with Gasteiger partial charge in [-0.1, -0.05) is 200 Å². The van der Waals surface area contributed by atoms with Crippen LogP contribution in [0.25, 0.3) is 98.6 Å². The molecule has 0 N–H and O–H groups in total. The van der Waals surface area contributed by atoms with Crippen LogP contribution in [0.1, 0.15) is 23.6 Å². The SMILES string of the molecule is CC1(c2ccccc2)c2cc(-c3ccc(-c4cc(-c5cccc(-c6cccc7c6sc6ccccc67)c5)nc(-c5ccccc5)n4)cc3)ccc2-c2c(-c3ccccc3)cccc21. The molecule has 2 nitrogen and oxygen atoms in total. The molecule has 1 aliphatic rings. The fraction of sp³-hybridized carbons (Fsp3) is 0.0333. The Balaban J connectivity index is 0.941. The summed E-state index contributed by atoms with van der Waals surface area (Å²) in [5, 5.41) is 2.60. The molecule has 63 heavy (non-hydrogen) atoms. The molecule has 1 unspecified atom stereocenters. The summed E-state index contributed by atoms with van der Waals surface area (Å²) < 4.78 is 2.61. The van der Waals surface area contributed by atoms with E-state index in [1.165, 1.54) is 75.8 Å². The summed E-state index contributed by atoms with van der Waals surface area (Å²) in [6.07, 6.45) is 0. The number of aromatic nitrogens is 2. The van der Waals surface area contributed by atoms with Gasteiger partial charge >= 0.3 is 0 Å². The lowest BCUT2D eigenvalue weighted by Crippen LogP contribution is -2.22. The number of hydrogen-bond acceptors (Lipinski definition) is 3. The minimum Gasteiger partial charge on any atom is -0.228 e. The molecule has 0 aliphatic heterocycles. The van der Waals surface area contributed by atoms with Crippen molar-refractivity contribution in [3.8, 4) is 78.4 Å². The van der Waals surface area contributed by atoms with Gasteiger partial charge in [-0.15, -0.1) is 11.3 Å². The van der Waals surface area contributed by atoms with E-state index in [2.05, 4.69) is 213 Å². The maximum Gasteiger partial charge on any atom is 0.160 e. The number of nitrogens with zero attached hydrogens (tertiary/aromatic N) is 2. The number of benzene rings is 9. The molecule has 0 spiro atoms. The first-order valence-electron chi connectivity index (χ1n) is 21.6. The highest BCUT2D eigenvalue weighted by Gasteiger charge is 2.42. The molecule has 0 saturated carbocycles. The Labute approximate surface area is 371 Å². The van der Waals surface area contributed by atoms with Crippen LogP contribution in [0.3, 0.4) is 0 Å². The molecule has 0 saturated heterocycles. The van der Waals surface area contributed by atoms with Gasteiger partial charge in [-0.05, 0) is 92.4 Å². The molecule has 2 aromatic heterocycles. The van der Waals surface area contributed by atoms with Gasteiger partial charge in [-0.2, -0.15) is 0 Å². The average Bonchev–Trinajstić information content (AvgIpc) is 3.88. The number of hydrogen-bond donors (Lipinski definition) is 0. The molecule has 2 heterocycles. The van der Waals surface area contributed by atoms with E-state index in [4.69, 9.17) is 9.97 Å². The van der Waals surface area contributed by atoms with E-state index in [0.717, 1.165) is 33.6 Å². The predicted molar refractivity (Wildman–Crippen MR) is 265 cm³/mol. The topological polar surface area (TPSA) is 25.8 Å². The molecule has 11 aromatic rings. The second kappa shape index (κ2) is 15.0. The van der Waals surface area contributed by atoms with Crippen LogP contribution in [0.2, 0.25) is 0 Å². The second-order valence-electron chi connectivity index (χ2n) is 16.6. The molecule has 12 rings (SSSR count). The molecule has 0 amide bonds. The van der Waals surface area contributed by atoms with E-state index in [1.54, 1.807) is 0 Å². The van der Waals surface area contributed by atoms with Crippen molar-refractivity contribution in [2.24, 2.45) is 0 Å². The minimum atomic E-state index is -0.320. The Hall–Kier alpha value is -7.72. The van der Waals surface area contributed by atoms with Gasteiger partial charge in [0.15, 0.2) is 5.82 Å². The molecule has 1 atom stereocenters. The Morgan fingerprint density at radius 1 is 0.365 bits per heavy atom. The third-order valence-electron chi connectivity index (χ3n) is 13.0. The Bertz CT molecular complexity index is 3500. The normalized spacial score (nSPS) is 14.2. The zero-order chi connectivity index (χ0) is 41.9. The van der Waals surface area contributed by atoms with Gasteiger partial charge < -0.3 is 0 Å². The summed E-state index contributed by atoms with van der Waals surface area (Å²) in [6.45, 7) is 2.39. The fourth-order valence-electron chi connectivity index (χ4n) is 9.81. The van der Waals surface area contributed by atoms with Crippen molar-refractivity contribution in [1.29, 1.82) is 0 Å². The van der Waals surface area contributed by atoms with Gasteiger partial charge in [0.05, 0.1) is 11.4 Å². The first kappa shape index (κ1) is 37.1. The number of rotatable bonds is 7. The molecule has 9 aromatic carbocycles. The second-order valence-corrected chi connectivity index (χ2v) is 17.7. The average molecular weight is 821 g/mol. The first-order valence-corrected chi connectivity index (χ1v) is 22.4. The van der Waals surface area contributed by atoms with E-state index >= 15 is 0 Å². The van der Waals surface area contributed by atoms with Gasteiger partial charge in [-0.3, -0.25) is 0 Å². The van der Waals surface area contributed by atoms with E-state index in [1.807, 2.05) is 29.5 Å². The summed E-state index contributed by atoms with van der Waals surface area (Å²) in [5.41, 5.74) is 18.4. The van der Waals surface area contributed by atoms with Crippen LogP contribution in [0, 0.1) is 0 Å². The van der Waals surface area contributed by atoms with E-state index in [0.29, 0.717) is 5.82 Å². The summed E-state index contributed by atoms with van der Waals surface area (Å²) in [7, 11) is 0. The predicted octanol–water partition coefficient (Wildman–Crippen LogP) is 16.2. The monoisotopic (exact) mass is 820 g/mol. The lowest BCUT2D eigenvalue weighted by atomic mass is 9.73. The van der Waals surface area contributed by atoms with Crippen molar-refractivity contribution in [3.63, 3.8) is 0 Å². The summed E-state index contributed by atoms with van der Waals surface area (Å²) in [5.74, 6) is 0.706. The molecule has 0 fully saturated rings. The first-order chi connectivity index (χ1) is 31.1. The van der Waals surface area contributed by atoms with Crippen LogP contribution in [0.4, 0.5) is 0 Å². The molecule has 1 aliphatic carbocycles. The Morgan fingerprint density at radius 2 is 0.952 bits per heavy atom. The van der Waals surface area contributed by atoms with Crippen molar-refractivity contribution < 1.29 is 0 Å². The van der Waals surface area contributed by atoms with Gasteiger partial charge in [0.2, 0.25) is 0 Å². The maximum absolute atomic E-state index is 5.20. The third kappa shape index (κ3) is 6.23.